The number of benzene rings is 3. The molecule has 10 nitrogen and oxygen atoms in total. The van der Waals surface area contributed by atoms with Crippen LogP contribution in [-0.4, -0.2) is 63.7 Å². The average molecular weight is 665 g/mol. The van der Waals surface area contributed by atoms with Gasteiger partial charge in [-0.15, -0.1) is 0 Å². The van der Waals surface area contributed by atoms with Crippen molar-refractivity contribution in [1.29, 1.82) is 0 Å². The Hall–Kier alpha value is -5.13. The lowest BCUT2D eigenvalue weighted by molar-refractivity contribution is 0.0890. The lowest BCUT2D eigenvalue weighted by Crippen LogP contribution is -2.44. The minimum absolute atomic E-state index is 0.0168. The van der Waals surface area contributed by atoms with Gasteiger partial charge in [0.05, 0.1) is 23.6 Å². The van der Waals surface area contributed by atoms with Gasteiger partial charge in [-0.1, -0.05) is 42.5 Å². The Morgan fingerprint density at radius 2 is 1.55 bits per heavy atom. The number of H-pyrrole nitrogens is 1. The summed E-state index contributed by atoms with van der Waals surface area (Å²) in [4.78, 5) is 37.8. The molecule has 49 heavy (non-hydrogen) atoms. The molecule has 0 unspecified atom stereocenters. The molecule has 1 aliphatic rings. The highest BCUT2D eigenvalue weighted by Gasteiger charge is 2.26. The van der Waals surface area contributed by atoms with Gasteiger partial charge in [0, 0.05) is 18.7 Å². The Morgan fingerprint density at radius 1 is 0.837 bits per heavy atom. The number of pyridine rings is 1. The van der Waals surface area contributed by atoms with E-state index in [-0.39, 0.29) is 36.0 Å². The second kappa shape index (κ2) is 16.3. The summed E-state index contributed by atoms with van der Waals surface area (Å²) in [5, 5.41) is 18.3. The molecular formula is C38H41FN6O4. The number of rotatable bonds is 14. The molecule has 6 rings (SSSR count). The smallest absolute Gasteiger partial charge is 0.257 e. The van der Waals surface area contributed by atoms with E-state index in [1.807, 2.05) is 30.3 Å². The monoisotopic (exact) mass is 664 g/mol. The van der Waals surface area contributed by atoms with Crippen LogP contribution in [0.15, 0.2) is 85.3 Å². The number of nitrogens with one attached hydrogen (secondary N) is 4. The van der Waals surface area contributed by atoms with E-state index in [9.17, 15) is 14.0 Å². The molecule has 0 spiro atoms. The van der Waals surface area contributed by atoms with E-state index in [0.717, 1.165) is 61.3 Å². The zero-order valence-corrected chi connectivity index (χ0v) is 27.3. The van der Waals surface area contributed by atoms with Crippen molar-refractivity contribution in [3.8, 4) is 22.8 Å². The topological polar surface area (TPSA) is 141 Å². The van der Waals surface area contributed by atoms with Crippen LogP contribution in [0.1, 0.15) is 64.8 Å². The summed E-state index contributed by atoms with van der Waals surface area (Å²) in [5.74, 6) is -0.771. The Morgan fingerprint density at radius 3 is 2.31 bits per heavy atom. The first kappa shape index (κ1) is 33.8. The van der Waals surface area contributed by atoms with Gasteiger partial charge in [0.2, 0.25) is 5.88 Å². The van der Waals surface area contributed by atoms with Gasteiger partial charge >= 0.3 is 0 Å². The molecule has 2 amide bonds. The Kier molecular flexibility index (Phi) is 11.2. The van der Waals surface area contributed by atoms with Gasteiger partial charge in [-0.25, -0.2) is 14.4 Å². The molecule has 254 valence electrons. The predicted molar refractivity (Wildman–Crippen MR) is 186 cm³/mol. The molecule has 11 heteroatoms. The Balaban J connectivity index is 1.03. The fourth-order valence-corrected chi connectivity index (χ4v) is 6.19. The lowest BCUT2D eigenvalue weighted by atomic mass is 9.90. The number of carbonyl (C=O) groups excluding carboxylic acids is 2. The van der Waals surface area contributed by atoms with Crippen LogP contribution in [0.3, 0.4) is 0 Å². The summed E-state index contributed by atoms with van der Waals surface area (Å²) in [7, 11) is 0. The van der Waals surface area contributed by atoms with Crippen LogP contribution in [-0.2, 0) is 6.42 Å². The van der Waals surface area contributed by atoms with Crippen LogP contribution >= 0.6 is 0 Å². The van der Waals surface area contributed by atoms with E-state index < -0.39 is 11.7 Å². The summed E-state index contributed by atoms with van der Waals surface area (Å²) in [6.07, 6.45) is 8.03. The highest BCUT2D eigenvalue weighted by molar-refractivity contribution is 6.04. The number of fused-ring (bicyclic) bond motifs is 1. The highest BCUT2D eigenvalue weighted by Crippen LogP contribution is 2.29. The number of aromatic amines is 1. The third-order valence-corrected chi connectivity index (χ3v) is 8.82. The van der Waals surface area contributed by atoms with Gasteiger partial charge < -0.3 is 30.8 Å². The molecule has 1 fully saturated rings. The number of amides is 2. The maximum Gasteiger partial charge on any atom is 0.257 e. The number of hydrogen-bond acceptors (Lipinski definition) is 7. The Bertz CT molecular complexity index is 1870. The van der Waals surface area contributed by atoms with Crippen molar-refractivity contribution in [2.24, 2.45) is 0 Å². The Labute approximate surface area is 284 Å². The second-order valence-corrected chi connectivity index (χ2v) is 12.4. The van der Waals surface area contributed by atoms with Crippen LogP contribution in [0.4, 0.5) is 4.39 Å². The standard InChI is InChI=1S/C38H41FN6O4/c39-28-22-33(37(48)45-30-16-14-29(15-17-30)44-36(47)32-8-2-9-34-35(32)43-24-42-34)38(41-23-28)49-31-7-1-6-27(21-31)26-12-10-25(11-13-26)5-3-18-40-19-4-20-46/h1-2,6-13,21-24,29-30,40,46H,3-5,14-20H2,(H,42,43)(H,44,47)(H,45,48). The number of carbonyl (C=O) groups is 2. The van der Waals surface area contributed by atoms with E-state index in [2.05, 4.69) is 55.2 Å². The normalized spacial score (nSPS) is 16.0. The average Bonchev–Trinajstić information content (AvgIpc) is 3.61. The largest absolute Gasteiger partial charge is 0.438 e. The van der Waals surface area contributed by atoms with Gasteiger partial charge in [-0.3, -0.25) is 9.59 Å². The first-order valence-corrected chi connectivity index (χ1v) is 16.8. The predicted octanol–water partition coefficient (Wildman–Crippen LogP) is 5.93. The molecule has 2 aromatic heterocycles. The molecule has 0 atom stereocenters. The van der Waals surface area contributed by atoms with Gasteiger partial charge in [0.1, 0.15) is 22.6 Å². The van der Waals surface area contributed by atoms with E-state index in [1.54, 1.807) is 18.5 Å². The number of aryl methyl sites for hydroxylation is 1. The summed E-state index contributed by atoms with van der Waals surface area (Å²) in [5.41, 5.74) is 5.18. The SMILES string of the molecule is O=C(NC1CCC(NC(=O)c2cccc3[nH]cnc23)CC1)c1cc(F)cnc1Oc1cccc(-c2ccc(CCCNCCCO)cc2)c1. The van der Waals surface area contributed by atoms with Crippen LogP contribution in [0, 0.1) is 5.82 Å². The first-order valence-electron chi connectivity index (χ1n) is 16.8. The maximum atomic E-state index is 14.3. The van der Waals surface area contributed by atoms with Gasteiger partial charge in [0.15, 0.2) is 0 Å². The van der Waals surface area contributed by atoms with Crippen molar-refractivity contribution in [3.05, 3.63) is 108 Å². The number of aromatic nitrogens is 3. The molecule has 5 aromatic rings. The van der Waals surface area contributed by atoms with Crippen LogP contribution in [0.25, 0.3) is 22.2 Å². The van der Waals surface area contributed by atoms with Crippen molar-refractivity contribution in [3.63, 3.8) is 0 Å². The maximum absolute atomic E-state index is 14.3. The summed E-state index contributed by atoms with van der Waals surface area (Å²) >= 11 is 0. The second-order valence-electron chi connectivity index (χ2n) is 12.4. The fraction of sp³-hybridized carbons (Fsp3) is 0.316. The zero-order valence-electron chi connectivity index (χ0n) is 27.3. The molecular weight excluding hydrogens is 623 g/mol. The number of para-hydroxylation sites is 1. The van der Waals surface area contributed by atoms with E-state index >= 15 is 0 Å². The van der Waals surface area contributed by atoms with E-state index in [0.29, 0.717) is 42.5 Å². The molecule has 0 aliphatic heterocycles. The fourth-order valence-electron chi connectivity index (χ4n) is 6.19. The van der Waals surface area contributed by atoms with Crippen molar-refractivity contribution in [2.45, 2.75) is 57.0 Å². The van der Waals surface area contributed by atoms with E-state index in [1.165, 1.54) is 5.56 Å². The van der Waals surface area contributed by atoms with Gasteiger partial charge in [-0.2, -0.15) is 0 Å². The van der Waals surface area contributed by atoms with Crippen LogP contribution < -0.4 is 20.7 Å². The molecule has 0 radical (unpaired) electrons. The summed E-state index contributed by atoms with van der Waals surface area (Å²) < 4.78 is 20.4. The number of aliphatic hydroxyl groups excluding tert-OH is 1. The van der Waals surface area contributed by atoms with Crippen LogP contribution in [0.2, 0.25) is 0 Å². The molecule has 2 heterocycles. The van der Waals surface area contributed by atoms with Gasteiger partial charge in [-0.05, 0) is 105 Å². The minimum atomic E-state index is -0.634. The van der Waals surface area contributed by atoms with Crippen molar-refractivity contribution >= 4 is 22.8 Å². The van der Waals surface area contributed by atoms with Crippen LogP contribution in [0.5, 0.6) is 11.6 Å². The lowest BCUT2D eigenvalue weighted by Gasteiger charge is -2.29. The quantitative estimate of drug-likeness (QED) is 0.0927. The third-order valence-electron chi connectivity index (χ3n) is 8.82. The van der Waals surface area contributed by atoms with Crippen molar-refractivity contribution in [2.75, 3.05) is 19.7 Å². The number of ether oxygens (including phenoxy) is 1. The number of hydrogen-bond donors (Lipinski definition) is 5. The molecule has 0 saturated heterocycles. The molecule has 1 saturated carbocycles. The first-order chi connectivity index (χ1) is 24.0. The van der Waals surface area contributed by atoms with E-state index in [4.69, 9.17) is 9.84 Å². The summed E-state index contributed by atoms with van der Waals surface area (Å²) in [6, 6.07) is 22.3. The molecule has 3 aromatic carbocycles. The number of imidazole rings is 1. The molecule has 1 aliphatic carbocycles. The van der Waals surface area contributed by atoms with Gasteiger partial charge in [0.25, 0.3) is 11.8 Å². The zero-order chi connectivity index (χ0) is 34.0. The number of nitrogens with zero attached hydrogens (tertiary/aromatic N) is 2. The highest BCUT2D eigenvalue weighted by atomic mass is 19.1. The molecule has 5 N–H and O–H groups in total. The molecule has 0 bridgehead atoms. The third kappa shape index (κ3) is 8.87. The minimum Gasteiger partial charge on any atom is -0.438 e. The van der Waals surface area contributed by atoms with Crippen molar-refractivity contribution < 1.29 is 23.8 Å². The van der Waals surface area contributed by atoms with Crippen molar-refractivity contribution in [1.82, 2.24) is 30.9 Å². The number of aliphatic hydroxyl groups is 1. The number of halogens is 1. The summed E-state index contributed by atoms with van der Waals surface area (Å²) in [6.45, 7) is 1.93.